The fraction of sp³-hybridized carbons (Fsp3) is 0.100. The number of benzene rings is 1. The highest BCUT2D eigenvalue weighted by Gasteiger charge is 1.95. The lowest BCUT2D eigenvalue weighted by molar-refractivity contribution is -0.116. The summed E-state index contributed by atoms with van der Waals surface area (Å²) in [7, 11) is 0. The van der Waals surface area contributed by atoms with Gasteiger partial charge in [-0.1, -0.05) is 23.7 Å². The van der Waals surface area contributed by atoms with Crippen molar-refractivity contribution in [3.63, 3.8) is 0 Å². The van der Waals surface area contributed by atoms with Gasteiger partial charge in [0.05, 0.1) is 0 Å². The molecule has 1 rings (SSSR count). The summed E-state index contributed by atoms with van der Waals surface area (Å²) >= 11 is 5.90. The Balaban J connectivity index is 2.83. The van der Waals surface area contributed by atoms with Crippen molar-refractivity contribution in [1.82, 2.24) is 5.43 Å². The molecule has 1 aromatic rings. The minimum absolute atomic E-state index is 0.346. The summed E-state index contributed by atoms with van der Waals surface area (Å²) in [5, 5.41) is 0.681. The van der Waals surface area contributed by atoms with Gasteiger partial charge in [-0.05, 0) is 30.2 Å². The third-order valence-corrected chi connectivity index (χ3v) is 2.17. The predicted molar refractivity (Wildman–Crippen MR) is 57.6 cm³/mol. The van der Waals surface area contributed by atoms with E-state index in [0.29, 0.717) is 5.02 Å². The van der Waals surface area contributed by atoms with Crippen LogP contribution in [-0.2, 0) is 4.79 Å². The smallest absolute Gasteiger partial charge is 0.257 e. The van der Waals surface area contributed by atoms with Crippen molar-refractivity contribution in [1.29, 1.82) is 0 Å². The second-order valence-electron chi connectivity index (χ2n) is 2.85. The van der Waals surface area contributed by atoms with Gasteiger partial charge in [0.15, 0.2) is 0 Å². The number of hydrogen-bond donors (Lipinski definition) is 2. The normalized spacial score (nSPS) is 10.5. The molecular formula is C10H11ClN2O. The number of rotatable bonds is 2. The molecule has 0 spiro atoms. The van der Waals surface area contributed by atoms with Crippen LogP contribution < -0.4 is 11.3 Å². The first kappa shape index (κ1) is 10.8. The number of halogens is 1. The maximum absolute atomic E-state index is 10.8. The lowest BCUT2D eigenvalue weighted by atomic mass is 10.1. The van der Waals surface area contributed by atoms with Gasteiger partial charge >= 0.3 is 0 Å². The van der Waals surface area contributed by atoms with E-state index in [1.165, 1.54) is 6.08 Å². The zero-order valence-electron chi connectivity index (χ0n) is 7.75. The molecule has 14 heavy (non-hydrogen) atoms. The molecule has 74 valence electrons. The first-order valence-corrected chi connectivity index (χ1v) is 4.46. The van der Waals surface area contributed by atoms with Crippen molar-refractivity contribution in [3.05, 3.63) is 40.4 Å². The van der Waals surface area contributed by atoms with E-state index < -0.39 is 0 Å². The summed E-state index contributed by atoms with van der Waals surface area (Å²) in [5.41, 5.74) is 3.87. The molecule has 0 saturated heterocycles. The monoisotopic (exact) mass is 210 g/mol. The summed E-state index contributed by atoms with van der Waals surface area (Å²) in [6.45, 7) is 1.92. The van der Waals surface area contributed by atoms with Crippen LogP contribution in [0.4, 0.5) is 0 Å². The number of nitrogens with two attached hydrogens (primary N) is 1. The number of hydrazine groups is 1. The van der Waals surface area contributed by atoms with Gasteiger partial charge in [-0.2, -0.15) is 0 Å². The molecule has 0 unspecified atom stereocenters. The average Bonchev–Trinajstić information content (AvgIpc) is 2.19. The van der Waals surface area contributed by atoms with Gasteiger partial charge in [0.25, 0.3) is 5.91 Å². The molecule has 0 aliphatic heterocycles. The van der Waals surface area contributed by atoms with E-state index in [2.05, 4.69) is 0 Å². The topological polar surface area (TPSA) is 55.1 Å². The van der Waals surface area contributed by atoms with E-state index in [-0.39, 0.29) is 5.91 Å². The van der Waals surface area contributed by atoms with Crippen LogP contribution in [0.5, 0.6) is 0 Å². The first-order chi connectivity index (χ1) is 6.63. The van der Waals surface area contributed by atoms with Crippen molar-refractivity contribution in [2.24, 2.45) is 5.84 Å². The molecule has 0 aliphatic carbocycles. The third-order valence-electron chi connectivity index (χ3n) is 1.77. The van der Waals surface area contributed by atoms with Crippen LogP contribution in [0.3, 0.4) is 0 Å². The first-order valence-electron chi connectivity index (χ1n) is 4.08. The summed E-state index contributed by atoms with van der Waals surface area (Å²) in [4.78, 5) is 10.8. The molecule has 0 fully saturated rings. The predicted octanol–water partition coefficient (Wildman–Crippen LogP) is 1.65. The van der Waals surface area contributed by atoms with E-state index >= 15 is 0 Å². The van der Waals surface area contributed by atoms with Crippen LogP contribution in [0.25, 0.3) is 6.08 Å². The van der Waals surface area contributed by atoms with E-state index in [0.717, 1.165) is 11.1 Å². The maximum atomic E-state index is 10.8. The Labute approximate surface area is 87.5 Å². The highest BCUT2D eigenvalue weighted by molar-refractivity contribution is 6.31. The maximum Gasteiger partial charge on any atom is 0.257 e. The molecular weight excluding hydrogens is 200 g/mol. The zero-order chi connectivity index (χ0) is 10.6. The van der Waals surface area contributed by atoms with Crippen LogP contribution in [0.2, 0.25) is 5.02 Å². The Kier molecular flexibility index (Phi) is 3.68. The number of carbonyl (C=O) groups is 1. The highest BCUT2D eigenvalue weighted by Crippen LogP contribution is 2.17. The summed E-state index contributed by atoms with van der Waals surface area (Å²) in [5.74, 6) is 4.57. The molecule has 3 N–H and O–H groups in total. The molecule has 0 bridgehead atoms. The van der Waals surface area contributed by atoms with Gasteiger partial charge in [-0.25, -0.2) is 5.84 Å². The average molecular weight is 211 g/mol. The van der Waals surface area contributed by atoms with Crippen LogP contribution in [0.1, 0.15) is 11.1 Å². The highest BCUT2D eigenvalue weighted by atomic mass is 35.5. The molecule has 4 heteroatoms. The third kappa shape index (κ3) is 2.87. The van der Waals surface area contributed by atoms with Gasteiger partial charge in [-0.15, -0.1) is 0 Å². The number of carbonyl (C=O) groups excluding carboxylic acids is 1. The molecule has 0 aliphatic rings. The van der Waals surface area contributed by atoms with Gasteiger partial charge in [-0.3, -0.25) is 10.2 Å². The Hall–Kier alpha value is -1.32. The number of aryl methyl sites for hydroxylation is 1. The van der Waals surface area contributed by atoms with E-state index in [4.69, 9.17) is 17.4 Å². The Morgan fingerprint density at radius 1 is 1.57 bits per heavy atom. The second-order valence-corrected chi connectivity index (χ2v) is 3.26. The van der Waals surface area contributed by atoms with E-state index in [1.807, 2.05) is 24.5 Å². The van der Waals surface area contributed by atoms with Gasteiger partial charge < -0.3 is 0 Å². The van der Waals surface area contributed by atoms with Crippen LogP contribution >= 0.6 is 11.6 Å². The molecule has 0 aromatic heterocycles. The minimum Gasteiger partial charge on any atom is -0.291 e. The minimum atomic E-state index is -0.346. The van der Waals surface area contributed by atoms with Crippen LogP contribution in [0, 0.1) is 6.92 Å². The molecule has 1 aromatic carbocycles. The quantitative estimate of drug-likeness (QED) is 0.338. The standard InChI is InChI=1S/C10H11ClN2O/c1-7-2-3-8(6-9(7)11)4-5-10(14)13-12/h2-6H,12H2,1H3,(H,13,14)/b5-4+. The molecule has 3 nitrogen and oxygen atoms in total. The number of hydrogen-bond acceptors (Lipinski definition) is 2. The largest absolute Gasteiger partial charge is 0.291 e. The fourth-order valence-electron chi connectivity index (χ4n) is 0.933. The summed E-state index contributed by atoms with van der Waals surface area (Å²) in [6, 6.07) is 5.56. The Bertz CT molecular complexity index is 374. The van der Waals surface area contributed by atoms with Crippen LogP contribution in [0.15, 0.2) is 24.3 Å². The van der Waals surface area contributed by atoms with Gasteiger partial charge in [0, 0.05) is 11.1 Å². The zero-order valence-corrected chi connectivity index (χ0v) is 8.51. The van der Waals surface area contributed by atoms with E-state index in [9.17, 15) is 4.79 Å². The van der Waals surface area contributed by atoms with Crippen LogP contribution in [-0.4, -0.2) is 5.91 Å². The lowest BCUT2D eigenvalue weighted by Gasteiger charge is -1.98. The molecule has 0 radical (unpaired) electrons. The SMILES string of the molecule is Cc1ccc(/C=C/C(=O)NN)cc1Cl. The van der Waals surface area contributed by atoms with Crippen molar-refractivity contribution >= 4 is 23.6 Å². The van der Waals surface area contributed by atoms with E-state index in [1.54, 1.807) is 12.1 Å². The van der Waals surface area contributed by atoms with Crippen molar-refractivity contribution in [3.8, 4) is 0 Å². The van der Waals surface area contributed by atoms with Crippen molar-refractivity contribution in [2.75, 3.05) is 0 Å². The Morgan fingerprint density at radius 3 is 2.86 bits per heavy atom. The second kappa shape index (κ2) is 4.79. The molecule has 0 saturated carbocycles. The van der Waals surface area contributed by atoms with Gasteiger partial charge in [0.1, 0.15) is 0 Å². The lowest BCUT2D eigenvalue weighted by Crippen LogP contribution is -2.27. The molecule has 1 amide bonds. The number of amides is 1. The molecule has 0 heterocycles. The summed E-state index contributed by atoms with van der Waals surface area (Å²) in [6.07, 6.45) is 2.99. The fourth-order valence-corrected chi connectivity index (χ4v) is 1.12. The van der Waals surface area contributed by atoms with Gasteiger partial charge in [0.2, 0.25) is 0 Å². The molecule has 0 atom stereocenters. The Morgan fingerprint density at radius 2 is 2.29 bits per heavy atom. The van der Waals surface area contributed by atoms with Crippen molar-refractivity contribution < 1.29 is 4.79 Å². The van der Waals surface area contributed by atoms with Crippen molar-refractivity contribution in [2.45, 2.75) is 6.92 Å². The summed E-state index contributed by atoms with van der Waals surface area (Å²) < 4.78 is 0. The number of nitrogens with one attached hydrogen (secondary N) is 1.